The number of carboxylic acid groups (broad SMARTS) is 1. The molecule has 0 radical (unpaired) electrons. The van der Waals surface area contributed by atoms with Crippen LogP contribution in [0.5, 0.6) is 0 Å². The molecule has 2 N–H and O–H groups in total. The molecule has 0 saturated carbocycles. The molecule has 2 aromatic rings. The lowest BCUT2D eigenvalue weighted by Gasteiger charge is -2.22. The molecule has 1 amide bonds. The monoisotopic (exact) mass is 394 g/mol. The largest absolute Gasteiger partial charge is 0.480 e. The van der Waals surface area contributed by atoms with Gasteiger partial charge in [0.05, 0.1) is 24.9 Å². The molecule has 0 aliphatic carbocycles. The van der Waals surface area contributed by atoms with Crippen molar-refractivity contribution in [2.45, 2.75) is 52.0 Å². The molecule has 3 rings (SSSR count). The number of nitrogens with one attached hydrogen (secondary N) is 1. The van der Waals surface area contributed by atoms with E-state index in [1.54, 1.807) is 21.4 Å². The topological polar surface area (TPSA) is 110 Å². The van der Waals surface area contributed by atoms with E-state index < -0.39 is 12.0 Å². The number of amides is 1. The Labute approximate surface area is 160 Å². The molecule has 10 heteroatoms. The minimum absolute atomic E-state index is 0.00164. The predicted octanol–water partition coefficient (Wildman–Crippen LogP) is 1.32. The maximum absolute atomic E-state index is 12.5. The molecule has 3 heterocycles. The Morgan fingerprint density at radius 1 is 1.44 bits per heavy atom. The number of nitrogens with zero attached hydrogens (tertiary/aromatic N) is 3. The molecule has 0 aromatic carbocycles. The Hall–Kier alpha value is -2.46. The second-order valence-electron chi connectivity index (χ2n) is 6.75. The highest BCUT2D eigenvalue weighted by atomic mass is 32.1. The van der Waals surface area contributed by atoms with Crippen molar-refractivity contribution in [3.63, 3.8) is 0 Å². The van der Waals surface area contributed by atoms with Gasteiger partial charge >= 0.3 is 5.97 Å². The smallest absolute Gasteiger partial charge is 0.326 e. The standard InChI is InChI=1S/C17H22N4O5S/c1-10(2)26-8-7-20-11-5-6-19(14(11)15(23)18-17(20)27)9-21-12(16(24)25)3-4-13(21)22/h5-6,10,12H,3-4,7-9H2,1-2H3,(H,24,25)(H,18,23,27)/t12-/m0/s1. The van der Waals surface area contributed by atoms with Crippen LogP contribution in [0.3, 0.4) is 0 Å². The summed E-state index contributed by atoms with van der Waals surface area (Å²) in [6.07, 6.45) is 2.21. The van der Waals surface area contributed by atoms with E-state index >= 15 is 0 Å². The Balaban J connectivity index is 1.96. The highest BCUT2D eigenvalue weighted by Crippen LogP contribution is 2.21. The molecule has 27 heavy (non-hydrogen) atoms. The van der Waals surface area contributed by atoms with Crippen molar-refractivity contribution >= 4 is 35.1 Å². The zero-order valence-corrected chi connectivity index (χ0v) is 16.0. The Morgan fingerprint density at radius 2 is 2.19 bits per heavy atom. The fraction of sp³-hybridized carbons (Fsp3) is 0.529. The first-order valence-corrected chi connectivity index (χ1v) is 9.16. The molecule has 0 bridgehead atoms. The summed E-state index contributed by atoms with van der Waals surface area (Å²) in [6.45, 7) is 4.77. The number of likely N-dealkylation sites (tertiary alicyclic amines) is 1. The van der Waals surface area contributed by atoms with Gasteiger partial charge in [-0.25, -0.2) is 4.79 Å². The molecule has 1 atom stereocenters. The summed E-state index contributed by atoms with van der Waals surface area (Å²) >= 11 is 5.27. The van der Waals surface area contributed by atoms with Crippen LogP contribution < -0.4 is 5.56 Å². The number of hydrogen-bond donors (Lipinski definition) is 2. The summed E-state index contributed by atoms with van der Waals surface area (Å²) in [5.41, 5.74) is 0.589. The first-order chi connectivity index (χ1) is 12.8. The normalized spacial score (nSPS) is 17.4. The molecule has 0 unspecified atom stereocenters. The van der Waals surface area contributed by atoms with Gasteiger partial charge in [0.2, 0.25) is 5.91 Å². The second kappa shape index (κ2) is 7.65. The van der Waals surface area contributed by atoms with Crippen LogP contribution in [0.4, 0.5) is 0 Å². The van der Waals surface area contributed by atoms with Crippen molar-refractivity contribution in [2.75, 3.05) is 6.61 Å². The third kappa shape index (κ3) is 3.81. The number of H-pyrrole nitrogens is 1. The van der Waals surface area contributed by atoms with Crippen LogP contribution in [0.15, 0.2) is 17.1 Å². The highest BCUT2D eigenvalue weighted by molar-refractivity contribution is 7.71. The summed E-state index contributed by atoms with van der Waals surface area (Å²) in [5.74, 6) is -1.28. The van der Waals surface area contributed by atoms with Gasteiger partial charge in [0.25, 0.3) is 5.56 Å². The molecular weight excluding hydrogens is 372 g/mol. The molecule has 1 aliphatic heterocycles. The third-order valence-electron chi connectivity index (χ3n) is 4.60. The number of rotatable bonds is 7. The lowest BCUT2D eigenvalue weighted by Crippen LogP contribution is -2.39. The van der Waals surface area contributed by atoms with E-state index in [2.05, 4.69) is 4.98 Å². The summed E-state index contributed by atoms with van der Waals surface area (Å²) in [6, 6.07) is 0.866. The van der Waals surface area contributed by atoms with E-state index in [9.17, 15) is 19.5 Å². The summed E-state index contributed by atoms with van der Waals surface area (Å²) in [5, 5.41) is 9.32. The van der Waals surface area contributed by atoms with Gasteiger partial charge in [-0.3, -0.25) is 14.6 Å². The molecule has 1 aliphatic rings. The Morgan fingerprint density at radius 3 is 2.85 bits per heavy atom. The van der Waals surface area contributed by atoms with Crippen LogP contribution in [-0.4, -0.2) is 54.8 Å². The number of hydrogen-bond acceptors (Lipinski definition) is 5. The first kappa shape index (κ1) is 19.3. The predicted molar refractivity (Wildman–Crippen MR) is 100.0 cm³/mol. The van der Waals surface area contributed by atoms with Crippen molar-refractivity contribution in [1.29, 1.82) is 0 Å². The molecule has 1 fully saturated rings. The van der Waals surface area contributed by atoms with E-state index in [0.717, 1.165) is 0 Å². The lowest BCUT2D eigenvalue weighted by atomic mass is 10.2. The Kier molecular flexibility index (Phi) is 5.47. The molecule has 0 spiro atoms. The van der Waals surface area contributed by atoms with Crippen molar-refractivity contribution in [3.8, 4) is 0 Å². The zero-order chi connectivity index (χ0) is 19.7. The number of carbonyl (C=O) groups excluding carboxylic acids is 1. The van der Waals surface area contributed by atoms with Crippen LogP contribution in [0.1, 0.15) is 26.7 Å². The maximum atomic E-state index is 12.5. The van der Waals surface area contributed by atoms with Crippen molar-refractivity contribution < 1.29 is 19.4 Å². The van der Waals surface area contributed by atoms with Crippen LogP contribution >= 0.6 is 12.2 Å². The molecular formula is C17H22N4O5S. The summed E-state index contributed by atoms with van der Waals surface area (Å²) < 4.78 is 9.21. The minimum atomic E-state index is -1.04. The van der Waals surface area contributed by atoms with E-state index in [4.69, 9.17) is 17.0 Å². The average molecular weight is 394 g/mol. The molecule has 1 saturated heterocycles. The molecule has 146 valence electrons. The molecule has 2 aromatic heterocycles. The first-order valence-electron chi connectivity index (χ1n) is 8.75. The van der Waals surface area contributed by atoms with E-state index in [1.807, 2.05) is 13.8 Å². The van der Waals surface area contributed by atoms with Gasteiger partial charge in [-0.1, -0.05) is 0 Å². The minimum Gasteiger partial charge on any atom is -0.480 e. The van der Waals surface area contributed by atoms with Gasteiger partial charge in [-0.2, -0.15) is 0 Å². The number of carboxylic acids is 1. The number of carbonyl (C=O) groups is 2. The number of fused-ring (bicyclic) bond motifs is 1. The zero-order valence-electron chi connectivity index (χ0n) is 15.2. The quantitative estimate of drug-likeness (QED) is 0.686. The average Bonchev–Trinajstić information content (AvgIpc) is 3.15. The summed E-state index contributed by atoms with van der Waals surface area (Å²) in [4.78, 5) is 39.9. The van der Waals surface area contributed by atoms with Crippen LogP contribution in [-0.2, 0) is 27.5 Å². The van der Waals surface area contributed by atoms with Crippen LogP contribution in [0, 0.1) is 4.77 Å². The van der Waals surface area contributed by atoms with Crippen molar-refractivity contribution in [1.82, 2.24) is 19.0 Å². The van der Waals surface area contributed by atoms with E-state index in [0.29, 0.717) is 29.0 Å². The van der Waals surface area contributed by atoms with Gasteiger partial charge in [-0.15, -0.1) is 0 Å². The van der Waals surface area contributed by atoms with Gasteiger partial charge < -0.3 is 23.9 Å². The Bertz CT molecular complexity index is 989. The highest BCUT2D eigenvalue weighted by Gasteiger charge is 2.36. The maximum Gasteiger partial charge on any atom is 0.326 e. The van der Waals surface area contributed by atoms with Gasteiger partial charge in [0.15, 0.2) is 4.77 Å². The fourth-order valence-corrected chi connectivity index (χ4v) is 3.59. The fourth-order valence-electron chi connectivity index (χ4n) is 3.31. The molecule has 9 nitrogen and oxygen atoms in total. The van der Waals surface area contributed by atoms with Gasteiger partial charge in [0, 0.05) is 19.2 Å². The number of aromatic nitrogens is 3. The SMILES string of the molecule is CC(C)OCCn1c(=S)[nH]c(=O)c2c1ccn2CN1C(=O)CC[C@H]1C(=O)O. The third-order valence-corrected chi connectivity index (χ3v) is 4.92. The number of aromatic amines is 1. The number of ether oxygens (including phenoxy) is 1. The number of aliphatic carboxylic acids is 1. The summed E-state index contributed by atoms with van der Waals surface area (Å²) in [7, 11) is 0. The van der Waals surface area contributed by atoms with Gasteiger partial charge in [-0.05, 0) is 38.6 Å². The van der Waals surface area contributed by atoms with Crippen molar-refractivity contribution in [3.05, 3.63) is 27.4 Å². The second-order valence-corrected chi connectivity index (χ2v) is 7.13. The lowest BCUT2D eigenvalue weighted by molar-refractivity contribution is -0.147. The van der Waals surface area contributed by atoms with Crippen LogP contribution in [0.25, 0.3) is 11.0 Å². The van der Waals surface area contributed by atoms with E-state index in [1.165, 1.54) is 4.90 Å². The van der Waals surface area contributed by atoms with Crippen LogP contribution in [0.2, 0.25) is 0 Å². The van der Waals surface area contributed by atoms with Crippen molar-refractivity contribution in [2.24, 2.45) is 0 Å². The van der Waals surface area contributed by atoms with E-state index in [-0.39, 0.29) is 37.1 Å². The van der Waals surface area contributed by atoms with Gasteiger partial charge in [0.1, 0.15) is 11.6 Å².